The molecule has 12 heteroatoms. The minimum Gasteiger partial charge on any atom is -0.494 e. The summed E-state index contributed by atoms with van der Waals surface area (Å²) in [6, 6.07) is 9.07. The number of hydrogen-bond donors (Lipinski definition) is 1. The van der Waals surface area contributed by atoms with Crippen LogP contribution in [0.5, 0.6) is 5.75 Å². The van der Waals surface area contributed by atoms with Gasteiger partial charge in [-0.3, -0.25) is 9.36 Å². The van der Waals surface area contributed by atoms with Crippen LogP contribution < -0.4 is 16.0 Å². The Morgan fingerprint density at radius 1 is 1.05 bits per heavy atom. The molecule has 42 heavy (non-hydrogen) atoms. The number of thioether (sulfide) groups is 1. The summed E-state index contributed by atoms with van der Waals surface area (Å²) >= 11 is 7.34. The Kier molecular flexibility index (Phi) is 8.12. The van der Waals surface area contributed by atoms with Crippen LogP contribution in [0.15, 0.2) is 64.4 Å². The number of halogens is 7. The van der Waals surface area contributed by atoms with Gasteiger partial charge in [-0.05, 0) is 47.9 Å². The van der Waals surface area contributed by atoms with Crippen LogP contribution in [0.2, 0.25) is 5.02 Å². The highest BCUT2D eigenvalue weighted by Gasteiger charge is 2.38. The normalized spacial score (nSPS) is 15.5. The van der Waals surface area contributed by atoms with Gasteiger partial charge in [-0.2, -0.15) is 13.2 Å². The van der Waals surface area contributed by atoms with Gasteiger partial charge in [0.2, 0.25) is 0 Å². The average molecular weight is 625 g/mol. The molecule has 220 valence electrons. The second kappa shape index (κ2) is 11.3. The van der Waals surface area contributed by atoms with Crippen molar-refractivity contribution >= 4 is 23.4 Å². The molecule has 5 rings (SSSR count). The first-order valence-electron chi connectivity index (χ1n) is 12.6. The summed E-state index contributed by atoms with van der Waals surface area (Å²) in [5.41, 5.74) is 4.40. The van der Waals surface area contributed by atoms with Gasteiger partial charge in [0.15, 0.2) is 11.6 Å². The van der Waals surface area contributed by atoms with E-state index < -0.39 is 58.8 Å². The summed E-state index contributed by atoms with van der Waals surface area (Å²) in [5, 5.41) is 0.0259. The minimum atomic E-state index is -4.85. The Hall–Kier alpha value is -3.41. The number of benzene rings is 3. The van der Waals surface area contributed by atoms with E-state index in [4.69, 9.17) is 22.1 Å². The molecule has 2 N–H and O–H groups in total. The predicted octanol–water partition coefficient (Wildman–Crippen LogP) is 7.86. The lowest BCUT2D eigenvalue weighted by Gasteiger charge is -2.25. The first kappa shape index (κ1) is 30.1. The third-order valence-electron chi connectivity index (χ3n) is 7.45. The maximum atomic E-state index is 15.6. The molecule has 1 aromatic heterocycles. The molecule has 0 bridgehead atoms. The molecule has 0 aliphatic carbocycles. The van der Waals surface area contributed by atoms with Gasteiger partial charge >= 0.3 is 6.18 Å². The number of ether oxygens (including phenoxy) is 1. The highest BCUT2D eigenvalue weighted by Crippen LogP contribution is 2.45. The molecule has 4 nitrogen and oxygen atoms in total. The highest BCUT2D eigenvalue weighted by atomic mass is 35.5. The van der Waals surface area contributed by atoms with Crippen LogP contribution >= 0.6 is 23.4 Å². The SMILES string of the molecule is COc1cccc(-c2c(C)c(Cc3c(F)cccc3C(F)(F)F)c3n(c2=O)[C@H](C(N)c2cccc(F)c2Cl)CS3)c1F. The fourth-order valence-electron chi connectivity index (χ4n) is 5.34. The molecular formula is C30H23ClF6N2O2S. The van der Waals surface area contributed by atoms with E-state index in [0.717, 1.165) is 36.0 Å². The van der Waals surface area contributed by atoms with Crippen molar-refractivity contribution in [2.75, 3.05) is 12.9 Å². The molecule has 0 spiro atoms. The molecule has 2 atom stereocenters. The van der Waals surface area contributed by atoms with E-state index in [1.165, 1.54) is 48.9 Å². The molecule has 1 aliphatic rings. The molecule has 0 saturated carbocycles. The quantitative estimate of drug-likeness (QED) is 0.222. The molecule has 0 amide bonds. The Bertz CT molecular complexity index is 1760. The Morgan fingerprint density at radius 2 is 1.71 bits per heavy atom. The fourth-order valence-corrected chi connectivity index (χ4v) is 7.04. The number of rotatable bonds is 6. The first-order valence-corrected chi connectivity index (χ1v) is 14.0. The van der Waals surface area contributed by atoms with Crippen molar-refractivity contribution in [2.45, 2.75) is 36.6 Å². The van der Waals surface area contributed by atoms with E-state index in [2.05, 4.69) is 0 Å². The molecule has 0 radical (unpaired) electrons. The lowest BCUT2D eigenvalue weighted by molar-refractivity contribution is -0.138. The molecule has 4 aromatic rings. The maximum Gasteiger partial charge on any atom is 0.416 e. The van der Waals surface area contributed by atoms with Gasteiger partial charge in [-0.15, -0.1) is 11.8 Å². The average Bonchev–Trinajstić information content (AvgIpc) is 3.38. The second-order valence-corrected chi connectivity index (χ2v) is 11.2. The molecule has 1 unspecified atom stereocenters. The Morgan fingerprint density at radius 3 is 2.40 bits per heavy atom. The van der Waals surface area contributed by atoms with Gasteiger partial charge < -0.3 is 10.5 Å². The number of hydrogen-bond acceptors (Lipinski definition) is 4. The van der Waals surface area contributed by atoms with Crippen molar-refractivity contribution < 1.29 is 31.1 Å². The van der Waals surface area contributed by atoms with Gasteiger partial charge in [0.1, 0.15) is 11.6 Å². The molecule has 0 fully saturated rings. The van der Waals surface area contributed by atoms with E-state index in [0.29, 0.717) is 0 Å². The van der Waals surface area contributed by atoms with E-state index in [1.807, 2.05) is 0 Å². The molecule has 2 heterocycles. The number of methoxy groups -OCH3 is 1. The van der Waals surface area contributed by atoms with Crippen molar-refractivity contribution in [1.29, 1.82) is 0 Å². The van der Waals surface area contributed by atoms with Crippen LogP contribution in [-0.2, 0) is 12.6 Å². The monoisotopic (exact) mass is 624 g/mol. The predicted molar refractivity (Wildman–Crippen MR) is 150 cm³/mol. The van der Waals surface area contributed by atoms with Crippen molar-refractivity contribution in [3.8, 4) is 16.9 Å². The minimum absolute atomic E-state index is 0.139. The van der Waals surface area contributed by atoms with Crippen LogP contribution in [0.1, 0.15) is 39.9 Å². The van der Waals surface area contributed by atoms with Crippen LogP contribution in [-0.4, -0.2) is 17.4 Å². The standard InChI is InChI=1S/C30H23ClF6N2O2S/c1-14-17(12-18-19(30(35,36)37)8-5-9-20(18)32)29-39(28(40)24(14)15-6-4-11-23(41-2)26(15)34)22(13-42-29)27(38)16-7-3-10-21(33)25(16)31/h3-11,22,27H,12-13,38H2,1-2H3/t22-,27?/m0/s1. The zero-order valence-corrected chi connectivity index (χ0v) is 23.7. The van der Waals surface area contributed by atoms with Crippen molar-refractivity contribution in [3.63, 3.8) is 0 Å². The highest BCUT2D eigenvalue weighted by molar-refractivity contribution is 7.99. The topological polar surface area (TPSA) is 57.2 Å². The van der Waals surface area contributed by atoms with Gasteiger partial charge in [-0.1, -0.05) is 41.9 Å². The van der Waals surface area contributed by atoms with Crippen LogP contribution in [0.4, 0.5) is 26.3 Å². The number of nitrogens with two attached hydrogens (primary N) is 1. The zero-order valence-electron chi connectivity index (χ0n) is 22.2. The number of alkyl halides is 3. The largest absolute Gasteiger partial charge is 0.494 e. The lowest BCUT2D eigenvalue weighted by Crippen LogP contribution is -2.33. The summed E-state index contributed by atoms with van der Waals surface area (Å²) in [6.45, 7) is 1.48. The third-order valence-corrected chi connectivity index (χ3v) is 9.07. The summed E-state index contributed by atoms with van der Waals surface area (Å²) in [7, 11) is 1.25. The summed E-state index contributed by atoms with van der Waals surface area (Å²) in [6.07, 6.45) is -5.40. The van der Waals surface area contributed by atoms with E-state index in [9.17, 15) is 22.4 Å². The number of pyridine rings is 1. The van der Waals surface area contributed by atoms with Crippen molar-refractivity contribution in [3.05, 3.63) is 115 Å². The fraction of sp³-hybridized carbons (Fsp3) is 0.233. The second-order valence-electron chi connectivity index (χ2n) is 9.77. The van der Waals surface area contributed by atoms with Crippen molar-refractivity contribution in [2.24, 2.45) is 5.73 Å². The number of aromatic nitrogens is 1. The number of nitrogens with zero attached hydrogens (tertiary/aromatic N) is 1. The summed E-state index contributed by atoms with van der Waals surface area (Å²) < 4.78 is 93.0. The molecule has 0 saturated heterocycles. The van der Waals surface area contributed by atoms with Crippen LogP contribution in [0.3, 0.4) is 0 Å². The number of fused-ring (bicyclic) bond motifs is 1. The zero-order chi connectivity index (χ0) is 30.5. The van der Waals surface area contributed by atoms with Gasteiger partial charge in [0.05, 0.1) is 40.4 Å². The lowest BCUT2D eigenvalue weighted by atomic mass is 9.91. The Labute approximate surface area is 246 Å². The van der Waals surface area contributed by atoms with Gasteiger partial charge in [0.25, 0.3) is 5.56 Å². The van der Waals surface area contributed by atoms with E-state index >= 15 is 8.78 Å². The smallest absolute Gasteiger partial charge is 0.416 e. The summed E-state index contributed by atoms with van der Waals surface area (Å²) in [5.74, 6) is -2.63. The van der Waals surface area contributed by atoms with E-state index in [-0.39, 0.29) is 49.4 Å². The van der Waals surface area contributed by atoms with Crippen molar-refractivity contribution in [1.82, 2.24) is 4.57 Å². The van der Waals surface area contributed by atoms with Gasteiger partial charge in [0, 0.05) is 23.3 Å². The van der Waals surface area contributed by atoms with E-state index in [1.54, 1.807) is 0 Å². The Balaban J connectivity index is 1.80. The first-order chi connectivity index (χ1) is 19.9. The molecule has 1 aliphatic heterocycles. The summed E-state index contributed by atoms with van der Waals surface area (Å²) in [4.78, 5) is 14.2. The molecular weight excluding hydrogens is 602 g/mol. The van der Waals surface area contributed by atoms with Crippen LogP contribution in [0, 0.1) is 24.4 Å². The third kappa shape index (κ3) is 5.07. The maximum absolute atomic E-state index is 15.6. The van der Waals surface area contributed by atoms with Crippen LogP contribution in [0.25, 0.3) is 11.1 Å². The molecule has 3 aromatic carbocycles. The van der Waals surface area contributed by atoms with Gasteiger partial charge in [-0.25, -0.2) is 13.2 Å².